The van der Waals surface area contributed by atoms with E-state index < -0.39 is 5.97 Å². The van der Waals surface area contributed by atoms with Gasteiger partial charge in [-0.1, -0.05) is 68.4 Å². The van der Waals surface area contributed by atoms with E-state index in [1.807, 2.05) is 42.5 Å². The Bertz CT molecular complexity index is 995. The highest BCUT2D eigenvalue weighted by molar-refractivity contribution is 5.94. The maximum atomic E-state index is 12.1. The molecule has 3 rings (SSSR count). The zero-order valence-electron chi connectivity index (χ0n) is 16.3. The maximum absolute atomic E-state index is 12.1. The minimum absolute atomic E-state index is 0.000313. The minimum Gasteiger partial charge on any atom is -0.545 e. The van der Waals surface area contributed by atoms with E-state index in [1.54, 1.807) is 6.07 Å². The first-order chi connectivity index (χ1) is 13.9. The molecule has 0 aromatic heterocycles. The zero-order chi connectivity index (χ0) is 20.9. The van der Waals surface area contributed by atoms with Crippen molar-refractivity contribution in [1.29, 1.82) is 0 Å². The van der Waals surface area contributed by atoms with Crippen LogP contribution in [0.2, 0.25) is 0 Å². The Hall–Kier alpha value is -3.60. The molecule has 3 aromatic rings. The second-order valence-corrected chi connectivity index (χ2v) is 7.22. The Balaban J connectivity index is 1.59. The van der Waals surface area contributed by atoms with Crippen LogP contribution in [0.25, 0.3) is 0 Å². The molecule has 29 heavy (non-hydrogen) atoms. The summed E-state index contributed by atoms with van der Waals surface area (Å²) >= 11 is 0. The quantitative estimate of drug-likeness (QED) is 0.673. The lowest BCUT2D eigenvalue weighted by molar-refractivity contribution is -0.255. The van der Waals surface area contributed by atoms with Crippen LogP contribution in [-0.4, -0.2) is 18.5 Å². The van der Waals surface area contributed by atoms with Gasteiger partial charge in [0.2, 0.25) is 0 Å². The normalized spacial score (nSPS) is 11.0. The summed E-state index contributed by atoms with van der Waals surface area (Å²) in [7, 11) is 0. The fourth-order valence-electron chi connectivity index (χ4n) is 3.06. The first-order valence-electron chi connectivity index (χ1n) is 9.26. The predicted octanol–water partition coefficient (Wildman–Crippen LogP) is 3.39. The number of benzene rings is 3. The molecule has 0 fully saturated rings. The van der Waals surface area contributed by atoms with Gasteiger partial charge in [0.05, 0.1) is 5.97 Å². The number of carbonyl (C=O) groups excluding carboxylic acids is 2. The molecule has 5 nitrogen and oxygen atoms in total. The van der Waals surface area contributed by atoms with Gasteiger partial charge in [-0.25, -0.2) is 0 Å². The Morgan fingerprint density at radius 1 is 0.897 bits per heavy atom. The molecule has 0 saturated heterocycles. The van der Waals surface area contributed by atoms with Crippen LogP contribution in [0.15, 0.2) is 78.9 Å². The third-order valence-electron chi connectivity index (χ3n) is 4.82. The van der Waals surface area contributed by atoms with Gasteiger partial charge in [-0.3, -0.25) is 4.79 Å². The fourth-order valence-corrected chi connectivity index (χ4v) is 3.06. The SMILES string of the molecule is CC(C)(c1ccccc1)c1ccc(OCC(=O)Nc2cccc(C(=O)[O-])c2)cc1. The van der Waals surface area contributed by atoms with Crippen molar-refractivity contribution in [3.05, 3.63) is 95.6 Å². The maximum Gasteiger partial charge on any atom is 0.262 e. The van der Waals surface area contributed by atoms with E-state index in [0.717, 1.165) is 5.56 Å². The molecule has 3 aromatic carbocycles. The lowest BCUT2D eigenvalue weighted by Gasteiger charge is -2.26. The van der Waals surface area contributed by atoms with Gasteiger partial charge in [-0.05, 0) is 41.0 Å². The van der Waals surface area contributed by atoms with Crippen LogP contribution in [0.3, 0.4) is 0 Å². The number of rotatable bonds is 7. The van der Waals surface area contributed by atoms with E-state index >= 15 is 0 Å². The van der Waals surface area contributed by atoms with Crippen molar-refractivity contribution >= 4 is 17.6 Å². The highest BCUT2D eigenvalue weighted by atomic mass is 16.5. The number of nitrogens with one attached hydrogen (secondary N) is 1. The second kappa shape index (κ2) is 8.61. The van der Waals surface area contributed by atoms with E-state index in [0.29, 0.717) is 11.4 Å². The molecule has 0 spiro atoms. The topological polar surface area (TPSA) is 78.5 Å². The smallest absolute Gasteiger partial charge is 0.262 e. The van der Waals surface area contributed by atoms with E-state index in [1.165, 1.54) is 23.8 Å². The Kier molecular flexibility index (Phi) is 5.98. The summed E-state index contributed by atoms with van der Waals surface area (Å²) in [6.07, 6.45) is 0. The van der Waals surface area contributed by atoms with Crippen molar-refractivity contribution in [2.75, 3.05) is 11.9 Å². The lowest BCUT2D eigenvalue weighted by Crippen LogP contribution is -2.23. The Labute approximate surface area is 170 Å². The first kappa shape index (κ1) is 20.1. The second-order valence-electron chi connectivity index (χ2n) is 7.22. The van der Waals surface area contributed by atoms with E-state index in [2.05, 4.69) is 31.3 Å². The highest BCUT2D eigenvalue weighted by Gasteiger charge is 2.22. The summed E-state index contributed by atoms with van der Waals surface area (Å²) in [6, 6.07) is 23.8. The highest BCUT2D eigenvalue weighted by Crippen LogP contribution is 2.32. The summed E-state index contributed by atoms with van der Waals surface area (Å²) < 4.78 is 5.55. The summed E-state index contributed by atoms with van der Waals surface area (Å²) in [5, 5.41) is 13.5. The third kappa shape index (κ3) is 5.02. The standard InChI is InChI=1S/C24H23NO4/c1-24(2,18-8-4-3-5-9-18)19-11-13-21(14-12-19)29-16-22(26)25-20-10-6-7-17(15-20)23(27)28/h3-15H,16H2,1-2H3,(H,25,26)(H,27,28)/p-1. The van der Waals surface area contributed by atoms with Crippen molar-refractivity contribution < 1.29 is 19.4 Å². The average Bonchev–Trinajstić information content (AvgIpc) is 2.73. The number of ether oxygens (including phenoxy) is 1. The van der Waals surface area contributed by atoms with E-state index in [-0.39, 0.29) is 23.5 Å². The number of carbonyl (C=O) groups is 2. The van der Waals surface area contributed by atoms with Crippen molar-refractivity contribution in [1.82, 2.24) is 0 Å². The van der Waals surface area contributed by atoms with Crippen molar-refractivity contribution in [3.8, 4) is 5.75 Å². The number of aromatic carboxylic acids is 1. The van der Waals surface area contributed by atoms with Crippen LogP contribution in [0, 0.1) is 0 Å². The van der Waals surface area contributed by atoms with E-state index in [9.17, 15) is 14.7 Å². The zero-order valence-corrected chi connectivity index (χ0v) is 16.3. The molecule has 5 heteroatoms. The summed E-state index contributed by atoms with van der Waals surface area (Å²) in [6.45, 7) is 4.13. The van der Waals surface area contributed by atoms with Gasteiger partial charge in [0.1, 0.15) is 5.75 Å². The fraction of sp³-hybridized carbons (Fsp3) is 0.167. The molecule has 0 heterocycles. The lowest BCUT2D eigenvalue weighted by atomic mass is 9.78. The molecule has 0 saturated carbocycles. The van der Waals surface area contributed by atoms with Crippen LogP contribution < -0.4 is 15.2 Å². The van der Waals surface area contributed by atoms with Gasteiger partial charge in [-0.2, -0.15) is 0 Å². The average molecular weight is 388 g/mol. The van der Waals surface area contributed by atoms with Gasteiger partial charge < -0.3 is 20.0 Å². The van der Waals surface area contributed by atoms with Crippen LogP contribution in [-0.2, 0) is 10.2 Å². The molecule has 148 valence electrons. The van der Waals surface area contributed by atoms with Gasteiger partial charge in [-0.15, -0.1) is 0 Å². The van der Waals surface area contributed by atoms with Crippen molar-refractivity contribution in [3.63, 3.8) is 0 Å². The molecule has 0 aliphatic rings. The Morgan fingerprint density at radius 3 is 2.21 bits per heavy atom. The van der Waals surface area contributed by atoms with Gasteiger partial charge in [0, 0.05) is 11.1 Å². The third-order valence-corrected chi connectivity index (χ3v) is 4.82. The minimum atomic E-state index is -1.30. The van der Waals surface area contributed by atoms with Crippen LogP contribution in [0.4, 0.5) is 5.69 Å². The molecular weight excluding hydrogens is 366 g/mol. The van der Waals surface area contributed by atoms with Gasteiger partial charge in [0.15, 0.2) is 6.61 Å². The monoisotopic (exact) mass is 388 g/mol. The Morgan fingerprint density at radius 2 is 1.55 bits per heavy atom. The summed E-state index contributed by atoms with van der Waals surface area (Å²) in [5.41, 5.74) is 2.58. The predicted molar refractivity (Wildman–Crippen MR) is 110 cm³/mol. The first-order valence-corrected chi connectivity index (χ1v) is 9.26. The van der Waals surface area contributed by atoms with Crippen molar-refractivity contribution in [2.24, 2.45) is 0 Å². The molecule has 0 radical (unpaired) electrons. The number of carboxylic acid groups (broad SMARTS) is 1. The number of hydrogen-bond donors (Lipinski definition) is 1. The molecule has 0 bridgehead atoms. The molecular formula is C24H22NO4-. The number of carboxylic acids is 1. The summed E-state index contributed by atoms with van der Waals surface area (Å²) in [4.78, 5) is 23.0. The van der Waals surface area contributed by atoms with E-state index in [4.69, 9.17) is 4.74 Å². The van der Waals surface area contributed by atoms with Gasteiger partial charge >= 0.3 is 0 Å². The van der Waals surface area contributed by atoms with Crippen LogP contribution in [0.1, 0.15) is 35.3 Å². The van der Waals surface area contributed by atoms with Crippen LogP contribution >= 0.6 is 0 Å². The number of hydrogen-bond acceptors (Lipinski definition) is 4. The summed E-state index contributed by atoms with van der Waals surface area (Å²) in [5.74, 6) is -1.10. The molecule has 0 unspecified atom stereocenters. The molecule has 0 aliphatic heterocycles. The number of amides is 1. The molecule has 0 aliphatic carbocycles. The molecule has 0 atom stereocenters. The van der Waals surface area contributed by atoms with Gasteiger partial charge in [0.25, 0.3) is 5.91 Å². The van der Waals surface area contributed by atoms with Crippen molar-refractivity contribution in [2.45, 2.75) is 19.3 Å². The van der Waals surface area contributed by atoms with Crippen LogP contribution in [0.5, 0.6) is 5.75 Å². The molecule has 1 N–H and O–H groups in total. The largest absolute Gasteiger partial charge is 0.545 e. The number of anilines is 1. The molecule has 1 amide bonds.